The van der Waals surface area contributed by atoms with Gasteiger partial charge in [0.2, 0.25) is 0 Å². The molecule has 2 fully saturated rings. The fourth-order valence-electron chi connectivity index (χ4n) is 3.27. The lowest BCUT2D eigenvalue weighted by atomic mass is 10.0. The summed E-state index contributed by atoms with van der Waals surface area (Å²) in [4.78, 5) is 0. The molecule has 2 aromatic rings. The largest absolute Gasteiger partial charge is 0.388 e. The third-order valence-electron chi connectivity index (χ3n) is 4.62. The van der Waals surface area contributed by atoms with Crippen LogP contribution in [0.1, 0.15) is 23.7 Å². The minimum Gasteiger partial charge on any atom is -0.388 e. The maximum absolute atomic E-state index is 10.4. The Hall–Kier alpha value is -1.80. The highest BCUT2D eigenvalue weighted by molar-refractivity contribution is 5.18. The topological polar surface area (TPSA) is 77.4 Å². The molecule has 138 valence electrons. The van der Waals surface area contributed by atoms with E-state index in [1.165, 1.54) is 0 Å². The number of ether oxygens (including phenoxy) is 4. The summed E-state index contributed by atoms with van der Waals surface area (Å²) in [5, 5.41) is 20.8. The van der Waals surface area contributed by atoms with E-state index in [0.717, 1.165) is 11.1 Å². The van der Waals surface area contributed by atoms with Gasteiger partial charge in [-0.1, -0.05) is 60.7 Å². The predicted octanol–water partition coefficient (Wildman–Crippen LogP) is 1.94. The fourth-order valence-corrected chi connectivity index (χ4v) is 3.27. The van der Waals surface area contributed by atoms with E-state index in [1.807, 2.05) is 60.7 Å². The average Bonchev–Trinajstić information content (AvgIpc) is 2.70. The zero-order valence-corrected chi connectivity index (χ0v) is 14.2. The van der Waals surface area contributed by atoms with Crippen molar-refractivity contribution in [2.75, 3.05) is 13.2 Å². The maximum Gasteiger partial charge on any atom is 0.184 e. The highest BCUT2D eigenvalue weighted by atomic mass is 16.7. The Bertz CT molecular complexity index is 632. The van der Waals surface area contributed by atoms with E-state index >= 15 is 0 Å². The quantitative estimate of drug-likeness (QED) is 0.873. The van der Waals surface area contributed by atoms with Crippen molar-refractivity contribution in [3.8, 4) is 0 Å². The third-order valence-corrected chi connectivity index (χ3v) is 4.62. The number of hydrogen-bond donors (Lipinski definition) is 2. The second-order valence-electron chi connectivity index (χ2n) is 6.49. The predicted molar refractivity (Wildman–Crippen MR) is 92.0 cm³/mol. The van der Waals surface area contributed by atoms with Crippen LogP contribution in [0.15, 0.2) is 60.7 Å². The summed E-state index contributed by atoms with van der Waals surface area (Å²) in [7, 11) is 0. The van der Waals surface area contributed by atoms with Gasteiger partial charge in [-0.2, -0.15) is 0 Å². The first kappa shape index (κ1) is 17.6. The van der Waals surface area contributed by atoms with Crippen LogP contribution in [-0.2, 0) is 18.9 Å². The Morgan fingerprint density at radius 1 is 0.615 bits per heavy atom. The van der Waals surface area contributed by atoms with Crippen molar-refractivity contribution in [1.82, 2.24) is 0 Å². The van der Waals surface area contributed by atoms with Crippen LogP contribution in [0.2, 0.25) is 0 Å². The molecule has 0 radical (unpaired) electrons. The van der Waals surface area contributed by atoms with Crippen molar-refractivity contribution >= 4 is 0 Å². The summed E-state index contributed by atoms with van der Waals surface area (Å²) in [5.74, 6) is 0. The zero-order valence-electron chi connectivity index (χ0n) is 14.2. The molecule has 2 heterocycles. The van der Waals surface area contributed by atoms with Crippen molar-refractivity contribution in [3.05, 3.63) is 71.8 Å². The summed E-state index contributed by atoms with van der Waals surface area (Å²) >= 11 is 0. The minimum atomic E-state index is -0.899. The van der Waals surface area contributed by atoms with Crippen LogP contribution in [0.4, 0.5) is 0 Å². The molecule has 2 N–H and O–H groups in total. The third kappa shape index (κ3) is 3.66. The SMILES string of the molecule is O[C@@H]1COC(c2ccccc2)O[C@@H]1[C@H]1OC(c2ccccc2)OC[C@@H]1O. The molecule has 0 bridgehead atoms. The second-order valence-corrected chi connectivity index (χ2v) is 6.49. The molecule has 2 unspecified atom stereocenters. The van der Waals surface area contributed by atoms with Gasteiger partial charge in [0.15, 0.2) is 12.6 Å². The van der Waals surface area contributed by atoms with Crippen molar-refractivity contribution in [1.29, 1.82) is 0 Å². The molecule has 6 atom stereocenters. The normalized spacial score (nSPS) is 35.2. The molecule has 6 heteroatoms. The van der Waals surface area contributed by atoms with Crippen LogP contribution in [0.5, 0.6) is 0 Å². The van der Waals surface area contributed by atoms with Gasteiger partial charge >= 0.3 is 0 Å². The van der Waals surface area contributed by atoms with Crippen LogP contribution in [0, 0.1) is 0 Å². The standard InChI is InChI=1S/C20H22O6/c21-15-11-23-19(13-7-3-1-4-8-13)25-17(15)18-16(22)12-24-20(26-18)14-9-5-2-6-10-14/h1-10,15-22H,11-12H2/t15-,16+,17-,18-,19?,20?/m0/s1. The summed E-state index contributed by atoms with van der Waals surface area (Å²) < 4.78 is 23.1. The van der Waals surface area contributed by atoms with E-state index < -0.39 is 37.0 Å². The second kappa shape index (κ2) is 7.84. The number of benzene rings is 2. The summed E-state index contributed by atoms with van der Waals surface area (Å²) in [5.41, 5.74) is 1.70. The van der Waals surface area contributed by atoms with E-state index in [0.29, 0.717) is 0 Å². The first-order valence-electron chi connectivity index (χ1n) is 8.72. The minimum absolute atomic E-state index is 0.105. The van der Waals surface area contributed by atoms with Gasteiger partial charge in [0.25, 0.3) is 0 Å². The summed E-state index contributed by atoms with van der Waals surface area (Å²) in [6, 6.07) is 19.0. The zero-order chi connectivity index (χ0) is 17.9. The molecular formula is C20H22O6. The smallest absolute Gasteiger partial charge is 0.184 e. The van der Waals surface area contributed by atoms with Gasteiger partial charge in [-0.25, -0.2) is 0 Å². The molecule has 0 saturated carbocycles. The Morgan fingerprint density at radius 3 is 1.38 bits per heavy atom. The first-order valence-corrected chi connectivity index (χ1v) is 8.72. The van der Waals surface area contributed by atoms with E-state index in [-0.39, 0.29) is 13.2 Å². The van der Waals surface area contributed by atoms with E-state index in [9.17, 15) is 10.2 Å². The number of aliphatic hydroxyl groups excluding tert-OH is 2. The maximum atomic E-state index is 10.4. The van der Waals surface area contributed by atoms with Crippen LogP contribution < -0.4 is 0 Å². The lowest BCUT2D eigenvalue weighted by molar-refractivity contribution is -0.331. The van der Waals surface area contributed by atoms with Gasteiger partial charge in [-0.05, 0) is 0 Å². The van der Waals surface area contributed by atoms with Gasteiger partial charge in [-0.3, -0.25) is 0 Å². The average molecular weight is 358 g/mol. The summed E-state index contributed by atoms with van der Waals surface area (Å²) in [6.07, 6.45) is -4.47. The van der Waals surface area contributed by atoms with Gasteiger partial charge < -0.3 is 29.2 Å². The molecule has 4 rings (SSSR count). The molecule has 2 aromatic carbocycles. The van der Waals surface area contributed by atoms with Crippen LogP contribution in [0.3, 0.4) is 0 Å². The highest BCUT2D eigenvalue weighted by Gasteiger charge is 2.44. The van der Waals surface area contributed by atoms with Crippen molar-refractivity contribution < 1.29 is 29.2 Å². The van der Waals surface area contributed by atoms with Crippen LogP contribution >= 0.6 is 0 Å². The lowest BCUT2D eigenvalue weighted by Gasteiger charge is -2.43. The Balaban J connectivity index is 1.51. The molecule has 2 aliphatic rings. The first-order chi connectivity index (χ1) is 12.7. The highest BCUT2D eigenvalue weighted by Crippen LogP contribution is 2.34. The molecule has 0 amide bonds. The van der Waals surface area contributed by atoms with Crippen molar-refractivity contribution in [2.24, 2.45) is 0 Å². The van der Waals surface area contributed by atoms with E-state index in [2.05, 4.69) is 0 Å². The van der Waals surface area contributed by atoms with Gasteiger partial charge in [0.1, 0.15) is 24.4 Å². The number of aliphatic hydroxyl groups is 2. The molecule has 6 nitrogen and oxygen atoms in total. The molecule has 26 heavy (non-hydrogen) atoms. The van der Waals surface area contributed by atoms with Gasteiger partial charge in [0, 0.05) is 11.1 Å². The molecular weight excluding hydrogens is 336 g/mol. The number of hydrogen-bond acceptors (Lipinski definition) is 6. The van der Waals surface area contributed by atoms with E-state index in [1.54, 1.807) is 0 Å². The van der Waals surface area contributed by atoms with Crippen LogP contribution in [-0.4, -0.2) is 47.8 Å². The Labute approximate surface area is 151 Å². The molecule has 2 aliphatic heterocycles. The van der Waals surface area contributed by atoms with Crippen molar-refractivity contribution in [2.45, 2.75) is 37.0 Å². The van der Waals surface area contributed by atoms with Crippen LogP contribution in [0.25, 0.3) is 0 Å². The van der Waals surface area contributed by atoms with Crippen molar-refractivity contribution in [3.63, 3.8) is 0 Å². The van der Waals surface area contributed by atoms with Gasteiger partial charge in [-0.15, -0.1) is 0 Å². The number of rotatable bonds is 3. The monoisotopic (exact) mass is 358 g/mol. The molecule has 2 saturated heterocycles. The fraction of sp³-hybridized carbons (Fsp3) is 0.400. The molecule has 0 aliphatic carbocycles. The summed E-state index contributed by atoms with van der Waals surface area (Å²) in [6.45, 7) is 0.210. The van der Waals surface area contributed by atoms with E-state index in [4.69, 9.17) is 18.9 Å². The lowest BCUT2D eigenvalue weighted by Crippen LogP contribution is -2.55. The Kier molecular flexibility index (Phi) is 5.31. The Morgan fingerprint density at radius 2 is 1.00 bits per heavy atom. The molecule has 0 aromatic heterocycles. The molecule has 0 spiro atoms. The van der Waals surface area contributed by atoms with Gasteiger partial charge in [0.05, 0.1) is 13.2 Å².